The number of halogens is 1. The lowest BCUT2D eigenvalue weighted by Gasteiger charge is -2.09. The molecular weight excluding hydrogens is 344 g/mol. The number of hydrogen-bond acceptors (Lipinski definition) is 3. The SMILES string of the molecule is CCc1cc2c(=O)c(-c3ccc(Br)cc3)c(C)oc2cc1O. The molecule has 3 rings (SSSR count). The fourth-order valence-corrected chi connectivity index (χ4v) is 2.88. The number of aryl methyl sites for hydroxylation is 2. The van der Waals surface area contributed by atoms with Crippen LogP contribution >= 0.6 is 15.9 Å². The number of phenols is 1. The average molecular weight is 359 g/mol. The van der Waals surface area contributed by atoms with Gasteiger partial charge in [0.25, 0.3) is 0 Å². The summed E-state index contributed by atoms with van der Waals surface area (Å²) in [6.07, 6.45) is 0.655. The van der Waals surface area contributed by atoms with E-state index >= 15 is 0 Å². The molecule has 0 saturated carbocycles. The van der Waals surface area contributed by atoms with Crippen molar-refractivity contribution in [3.05, 3.63) is 62.4 Å². The Morgan fingerprint density at radius 1 is 1.18 bits per heavy atom. The molecular formula is C18H15BrO3. The van der Waals surface area contributed by atoms with E-state index in [0.29, 0.717) is 28.7 Å². The highest BCUT2D eigenvalue weighted by molar-refractivity contribution is 9.10. The van der Waals surface area contributed by atoms with Crippen LogP contribution in [0, 0.1) is 6.92 Å². The van der Waals surface area contributed by atoms with Gasteiger partial charge in [0.1, 0.15) is 17.1 Å². The molecule has 0 atom stereocenters. The Bertz CT molecular complexity index is 908. The summed E-state index contributed by atoms with van der Waals surface area (Å²) >= 11 is 3.39. The van der Waals surface area contributed by atoms with Crippen molar-refractivity contribution in [1.82, 2.24) is 0 Å². The lowest BCUT2D eigenvalue weighted by atomic mass is 10.0. The number of hydrogen-bond donors (Lipinski definition) is 1. The third-order valence-corrected chi connectivity index (χ3v) is 4.31. The van der Waals surface area contributed by atoms with E-state index in [9.17, 15) is 9.90 Å². The first-order valence-electron chi connectivity index (χ1n) is 7.06. The molecule has 1 aromatic heterocycles. The molecule has 0 bridgehead atoms. The predicted molar refractivity (Wildman–Crippen MR) is 91.4 cm³/mol. The Labute approximate surface area is 136 Å². The van der Waals surface area contributed by atoms with Gasteiger partial charge in [0.2, 0.25) is 5.43 Å². The second-order valence-corrected chi connectivity index (χ2v) is 6.12. The lowest BCUT2D eigenvalue weighted by molar-refractivity contribution is 0.467. The summed E-state index contributed by atoms with van der Waals surface area (Å²) in [6.45, 7) is 3.70. The van der Waals surface area contributed by atoms with Gasteiger partial charge in [0, 0.05) is 10.5 Å². The Kier molecular flexibility index (Phi) is 3.79. The minimum Gasteiger partial charge on any atom is -0.508 e. The molecule has 0 radical (unpaired) electrons. The van der Waals surface area contributed by atoms with Crippen molar-refractivity contribution < 1.29 is 9.52 Å². The monoisotopic (exact) mass is 358 g/mol. The van der Waals surface area contributed by atoms with Crippen LogP contribution < -0.4 is 5.43 Å². The van der Waals surface area contributed by atoms with E-state index in [-0.39, 0.29) is 11.2 Å². The second-order valence-electron chi connectivity index (χ2n) is 5.20. The van der Waals surface area contributed by atoms with Crippen LogP contribution in [0.4, 0.5) is 0 Å². The molecule has 3 aromatic rings. The predicted octanol–water partition coefficient (Wildman–Crippen LogP) is 4.80. The van der Waals surface area contributed by atoms with Gasteiger partial charge in [-0.05, 0) is 42.7 Å². The summed E-state index contributed by atoms with van der Waals surface area (Å²) in [5, 5.41) is 10.4. The van der Waals surface area contributed by atoms with Crippen LogP contribution in [0.3, 0.4) is 0 Å². The molecule has 22 heavy (non-hydrogen) atoms. The number of fused-ring (bicyclic) bond motifs is 1. The maximum Gasteiger partial charge on any atom is 0.200 e. The summed E-state index contributed by atoms with van der Waals surface area (Å²) in [7, 11) is 0. The average Bonchev–Trinajstić information content (AvgIpc) is 2.48. The van der Waals surface area contributed by atoms with E-state index in [0.717, 1.165) is 15.6 Å². The molecule has 4 heteroatoms. The van der Waals surface area contributed by atoms with Crippen LogP contribution in [0.1, 0.15) is 18.2 Å². The highest BCUT2D eigenvalue weighted by atomic mass is 79.9. The highest BCUT2D eigenvalue weighted by Crippen LogP contribution is 2.29. The maximum atomic E-state index is 12.9. The van der Waals surface area contributed by atoms with Crippen molar-refractivity contribution >= 4 is 26.9 Å². The van der Waals surface area contributed by atoms with Crippen molar-refractivity contribution in [2.75, 3.05) is 0 Å². The van der Waals surface area contributed by atoms with Crippen molar-refractivity contribution in [3.63, 3.8) is 0 Å². The van der Waals surface area contributed by atoms with E-state index in [1.54, 1.807) is 13.0 Å². The molecule has 0 aliphatic carbocycles. The first-order valence-corrected chi connectivity index (χ1v) is 7.85. The largest absolute Gasteiger partial charge is 0.508 e. The van der Waals surface area contributed by atoms with E-state index in [2.05, 4.69) is 15.9 Å². The summed E-state index contributed by atoms with van der Waals surface area (Å²) in [6, 6.07) is 10.8. The lowest BCUT2D eigenvalue weighted by Crippen LogP contribution is -2.08. The quantitative estimate of drug-likeness (QED) is 0.715. The third kappa shape index (κ3) is 2.44. The zero-order valence-electron chi connectivity index (χ0n) is 12.3. The number of aromatic hydroxyl groups is 1. The molecule has 1 N–H and O–H groups in total. The Balaban J connectivity index is 2.34. The molecule has 2 aromatic carbocycles. The normalized spacial score (nSPS) is 11.0. The van der Waals surface area contributed by atoms with Gasteiger partial charge in [-0.3, -0.25) is 4.79 Å². The Morgan fingerprint density at radius 2 is 1.86 bits per heavy atom. The van der Waals surface area contributed by atoms with Gasteiger partial charge in [0.15, 0.2) is 0 Å². The van der Waals surface area contributed by atoms with Gasteiger partial charge in [-0.15, -0.1) is 0 Å². The highest BCUT2D eigenvalue weighted by Gasteiger charge is 2.15. The maximum absolute atomic E-state index is 12.9. The first kappa shape index (κ1) is 14.9. The van der Waals surface area contributed by atoms with Crippen molar-refractivity contribution in [2.24, 2.45) is 0 Å². The fourth-order valence-electron chi connectivity index (χ4n) is 2.62. The van der Waals surface area contributed by atoms with Gasteiger partial charge < -0.3 is 9.52 Å². The molecule has 1 heterocycles. The fraction of sp³-hybridized carbons (Fsp3) is 0.167. The second kappa shape index (κ2) is 5.61. The number of phenolic OH excluding ortho intramolecular Hbond substituents is 1. The topological polar surface area (TPSA) is 50.4 Å². The smallest absolute Gasteiger partial charge is 0.200 e. The Hall–Kier alpha value is -2.07. The molecule has 0 aliphatic heterocycles. The Morgan fingerprint density at radius 3 is 2.50 bits per heavy atom. The molecule has 0 amide bonds. The molecule has 0 spiro atoms. The van der Waals surface area contributed by atoms with Crippen LogP contribution in [-0.2, 0) is 6.42 Å². The summed E-state index contributed by atoms with van der Waals surface area (Å²) in [4.78, 5) is 12.9. The van der Waals surface area contributed by atoms with E-state index < -0.39 is 0 Å². The zero-order valence-corrected chi connectivity index (χ0v) is 13.9. The van der Waals surface area contributed by atoms with E-state index in [1.807, 2.05) is 31.2 Å². The van der Waals surface area contributed by atoms with Crippen LogP contribution in [-0.4, -0.2) is 5.11 Å². The van der Waals surface area contributed by atoms with Gasteiger partial charge in [0.05, 0.1) is 10.9 Å². The van der Waals surface area contributed by atoms with Gasteiger partial charge >= 0.3 is 0 Å². The summed E-state index contributed by atoms with van der Waals surface area (Å²) in [5.74, 6) is 0.706. The van der Waals surface area contributed by atoms with Crippen molar-refractivity contribution in [2.45, 2.75) is 20.3 Å². The standard InChI is InChI=1S/C18H15BrO3/c1-3-11-8-14-16(9-15(11)20)22-10(2)17(18(14)21)12-4-6-13(19)7-5-12/h4-9,20H,3H2,1-2H3. The van der Waals surface area contributed by atoms with Crippen molar-refractivity contribution in [1.29, 1.82) is 0 Å². The molecule has 0 fully saturated rings. The van der Waals surface area contributed by atoms with Gasteiger partial charge in [-0.25, -0.2) is 0 Å². The van der Waals surface area contributed by atoms with Crippen LogP contribution in [0.25, 0.3) is 22.1 Å². The van der Waals surface area contributed by atoms with Crippen LogP contribution in [0.5, 0.6) is 5.75 Å². The molecule has 0 aliphatic rings. The zero-order chi connectivity index (χ0) is 15.9. The van der Waals surface area contributed by atoms with Crippen LogP contribution in [0.15, 0.2) is 50.1 Å². The van der Waals surface area contributed by atoms with E-state index in [4.69, 9.17) is 4.42 Å². The van der Waals surface area contributed by atoms with Crippen LogP contribution in [0.2, 0.25) is 0 Å². The summed E-state index contributed by atoms with van der Waals surface area (Å²) in [5.41, 5.74) is 2.47. The van der Waals surface area contributed by atoms with Gasteiger partial charge in [-0.2, -0.15) is 0 Å². The molecule has 0 unspecified atom stereocenters. The van der Waals surface area contributed by atoms with Crippen molar-refractivity contribution in [3.8, 4) is 16.9 Å². The minimum atomic E-state index is -0.0734. The van der Waals surface area contributed by atoms with E-state index in [1.165, 1.54) is 6.07 Å². The summed E-state index contributed by atoms with van der Waals surface area (Å²) < 4.78 is 6.72. The number of benzene rings is 2. The first-order chi connectivity index (χ1) is 10.5. The minimum absolute atomic E-state index is 0.0734. The molecule has 112 valence electrons. The molecule has 3 nitrogen and oxygen atoms in total. The molecule has 0 saturated heterocycles. The van der Waals surface area contributed by atoms with Gasteiger partial charge in [-0.1, -0.05) is 35.0 Å². The third-order valence-electron chi connectivity index (χ3n) is 3.78. The number of rotatable bonds is 2.